The van der Waals surface area contributed by atoms with Crippen molar-refractivity contribution < 1.29 is 0 Å². The first-order valence-corrected chi connectivity index (χ1v) is 3.29. The van der Waals surface area contributed by atoms with Gasteiger partial charge in [-0.25, -0.2) is 0 Å². The van der Waals surface area contributed by atoms with Gasteiger partial charge in [-0.2, -0.15) is 0 Å². The first-order valence-electron chi connectivity index (χ1n) is 3.29. The quantitative estimate of drug-likeness (QED) is 0.431. The van der Waals surface area contributed by atoms with Crippen molar-refractivity contribution in [3.63, 3.8) is 0 Å². The molecule has 0 radical (unpaired) electrons. The van der Waals surface area contributed by atoms with E-state index < -0.39 is 0 Å². The minimum absolute atomic E-state index is 1.03. The van der Waals surface area contributed by atoms with Crippen molar-refractivity contribution in [1.82, 2.24) is 0 Å². The van der Waals surface area contributed by atoms with Gasteiger partial charge in [0.15, 0.2) is 0 Å². The second-order valence-electron chi connectivity index (χ2n) is 2.53. The monoisotopic (exact) mass is 120 g/mol. The molecule has 0 N–H and O–H groups in total. The van der Waals surface area contributed by atoms with Gasteiger partial charge in [0, 0.05) is 0 Å². The molecule has 0 heterocycles. The summed E-state index contributed by atoms with van der Waals surface area (Å²) < 4.78 is 0. The molecule has 0 nitrogen and oxygen atoms in total. The van der Waals surface area contributed by atoms with Crippen LogP contribution in [0.5, 0.6) is 0 Å². The molecular formula is C9H12. The maximum atomic E-state index is 3.90. The van der Waals surface area contributed by atoms with E-state index in [4.69, 9.17) is 0 Å². The summed E-state index contributed by atoms with van der Waals surface area (Å²) in [4.78, 5) is 0. The molecule has 1 rings (SSSR count). The van der Waals surface area contributed by atoms with Gasteiger partial charge in [0.2, 0.25) is 0 Å². The van der Waals surface area contributed by atoms with Crippen LogP contribution in [0.2, 0.25) is 0 Å². The van der Waals surface area contributed by atoms with Crippen molar-refractivity contribution in [2.45, 2.75) is 19.8 Å². The van der Waals surface area contributed by atoms with E-state index >= 15 is 0 Å². The molecule has 0 aromatic heterocycles. The molecule has 0 aromatic rings. The van der Waals surface area contributed by atoms with Crippen LogP contribution in [0.15, 0.2) is 36.0 Å². The molecular weight excluding hydrogens is 108 g/mol. The van der Waals surface area contributed by atoms with E-state index in [-0.39, 0.29) is 0 Å². The third-order valence-corrected chi connectivity index (χ3v) is 1.44. The van der Waals surface area contributed by atoms with Crippen LogP contribution in [0.1, 0.15) is 19.8 Å². The van der Waals surface area contributed by atoms with E-state index in [1.165, 1.54) is 11.1 Å². The Hall–Kier alpha value is -0.780. The lowest BCUT2D eigenvalue weighted by Crippen LogP contribution is -1.71. The van der Waals surface area contributed by atoms with Crippen LogP contribution in [0, 0.1) is 0 Å². The summed E-state index contributed by atoms with van der Waals surface area (Å²) in [7, 11) is 0. The Morgan fingerprint density at radius 1 is 1.33 bits per heavy atom. The summed E-state index contributed by atoms with van der Waals surface area (Å²) in [6.45, 7) is 6.04. The van der Waals surface area contributed by atoms with Gasteiger partial charge in [0.05, 0.1) is 0 Å². The summed E-state index contributed by atoms with van der Waals surface area (Å²) >= 11 is 0. The van der Waals surface area contributed by atoms with Gasteiger partial charge in [0.1, 0.15) is 0 Å². The van der Waals surface area contributed by atoms with E-state index in [0.717, 1.165) is 12.8 Å². The van der Waals surface area contributed by atoms with E-state index in [9.17, 15) is 0 Å². The first-order chi connectivity index (χ1) is 4.29. The van der Waals surface area contributed by atoms with Crippen molar-refractivity contribution in [2.24, 2.45) is 0 Å². The highest BCUT2D eigenvalue weighted by Crippen LogP contribution is 2.13. The molecule has 0 fully saturated rings. The fraction of sp³-hybridized carbons (Fsp3) is 0.333. The van der Waals surface area contributed by atoms with E-state index in [0.29, 0.717) is 0 Å². The number of allylic oxidation sites excluding steroid dienone is 5. The van der Waals surface area contributed by atoms with Crippen LogP contribution in [-0.2, 0) is 0 Å². The number of rotatable bonds is 0. The van der Waals surface area contributed by atoms with Crippen LogP contribution in [-0.4, -0.2) is 0 Å². The standard InChI is InChI=1S/C9H12/c1-8-5-3-4-6-9(2)7-8/h3-4,7H,1,5-6H2,2H3. The van der Waals surface area contributed by atoms with Crippen molar-refractivity contribution in [3.05, 3.63) is 36.0 Å². The van der Waals surface area contributed by atoms with Crippen LogP contribution in [0.25, 0.3) is 0 Å². The van der Waals surface area contributed by atoms with E-state index in [1.807, 2.05) is 0 Å². The van der Waals surface area contributed by atoms with Crippen molar-refractivity contribution in [2.75, 3.05) is 0 Å². The molecule has 9 heavy (non-hydrogen) atoms. The summed E-state index contributed by atoms with van der Waals surface area (Å²) in [6.07, 6.45) is 8.66. The third-order valence-electron chi connectivity index (χ3n) is 1.44. The lowest BCUT2D eigenvalue weighted by Gasteiger charge is -1.91. The van der Waals surface area contributed by atoms with Crippen molar-refractivity contribution in [1.29, 1.82) is 0 Å². The summed E-state index contributed by atoms with van der Waals surface area (Å²) in [5, 5.41) is 0. The van der Waals surface area contributed by atoms with Gasteiger partial charge < -0.3 is 0 Å². The average Bonchev–Trinajstić information content (AvgIpc) is 1.93. The maximum Gasteiger partial charge on any atom is -0.0103 e. The van der Waals surface area contributed by atoms with Gasteiger partial charge in [-0.15, -0.1) is 0 Å². The van der Waals surface area contributed by atoms with Gasteiger partial charge >= 0.3 is 0 Å². The molecule has 0 amide bonds. The predicted molar refractivity (Wildman–Crippen MR) is 41.3 cm³/mol. The minimum Gasteiger partial charge on any atom is -0.0955 e. The lowest BCUT2D eigenvalue weighted by molar-refractivity contribution is 1.22. The average molecular weight is 120 g/mol. The second-order valence-corrected chi connectivity index (χ2v) is 2.53. The SMILES string of the molecule is C=C1C=C(C)CC=CC1. The fourth-order valence-electron chi connectivity index (χ4n) is 0.970. The molecule has 1 aliphatic carbocycles. The Morgan fingerprint density at radius 2 is 2.00 bits per heavy atom. The van der Waals surface area contributed by atoms with Crippen LogP contribution in [0.4, 0.5) is 0 Å². The predicted octanol–water partition coefficient (Wildman–Crippen LogP) is 2.84. The van der Waals surface area contributed by atoms with Gasteiger partial charge in [-0.1, -0.05) is 36.0 Å². The highest BCUT2D eigenvalue weighted by atomic mass is 14.0. The molecule has 0 saturated carbocycles. The Bertz CT molecular complexity index is 170. The lowest BCUT2D eigenvalue weighted by atomic mass is 10.1. The molecule has 0 spiro atoms. The topological polar surface area (TPSA) is 0 Å². The Morgan fingerprint density at radius 3 is 2.78 bits per heavy atom. The summed E-state index contributed by atoms with van der Waals surface area (Å²) in [5.74, 6) is 0. The molecule has 1 aliphatic rings. The Balaban J connectivity index is 2.73. The maximum absolute atomic E-state index is 3.90. The van der Waals surface area contributed by atoms with Crippen LogP contribution < -0.4 is 0 Å². The van der Waals surface area contributed by atoms with Gasteiger partial charge in [0.25, 0.3) is 0 Å². The largest absolute Gasteiger partial charge is 0.0955 e. The molecule has 0 atom stereocenters. The van der Waals surface area contributed by atoms with Crippen molar-refractivity contribution in [3.8, 4) is 0 Å². The van der Waals surface area contributed by atoms with Gasteiger partial charge in [-0.05, 0) is 19.8 Å². The highest BCUT2D eigenvalue weighted by Gasteiger charge is 1.92. The van der Waals surface area contributed by atoms with Crippen molar-refractivity contribution >= 4 is 0 Å². The molecule has 0 bridgehead atoms. The number of hydrogen-bond acceptors (Lipinski definition) is 0. The zero-order chi connectivity index (χ0) is 6.69. The highest BCUT2D eigenvalue weighted by molar-refractivity contribution is 5.26. The minimum atomic E-state index is 1.03. The van der Waals surface area contributed by atoms with Gasteiger partial charge in [-0.3, -0.25) is 0 Å². The zero-order valence-electron chi connectivity index (χ0n) is 5.85. The molecule has 0 heteroatoms. The second kappa shape index (κ2) is 2.67. The smallest absolute Gasteiger partial charge is 0.0103 e. The Kier molecular flexibility index (Phi) is 1.88. The third kappa shape index (κ3) is 1.88. The molecule has 0 unspecified atom stereocenters. The fourth-order valence-corrected chi connectivity index (χ4v) is 0.970. The van der Waals surface area contributed by atoms with Crippen LogP contribution >= 0.6 is 0 Å². The molecule has 0 aromatic carbocycles. The normalized spacial score (nSPS) is 19.2. The number of hydrogen-bond donors (Lipinski definition) is 0. The molecule has 0 saturated heterocycles. The summed E-state index contributed by atoms with van der Waals surface area (Å²) in [5.41, 5.74) is 2.63. The summed E-state index contributed by atoms with van der Waals surface area (Å²) in [6, 6.07) is 0. The van der Waals surface area contributed by atoms with Crippen LogP contribution in [0.3, 0.4) is 0 Å². The first kappa shape index (κ1) is 6.34. The molecule has 48 valence electrons. The van der Waals surface area contributed by atoms with E-state index in [1.54, 1.807) is 0 Å². The Labute approximate surface area is 56.6 Å². The molecule has 0 aliphatic heterocycles. The zero-order valence-corrected chi connectivity index (χ0v) is 5.85. The van der Waals surface area contributed by atoms with E-state index in [2.05, 4.69) is 31.7 Å².